The van der Waals surface area contributed by atoms with Crippen LogP contribution >= 0.6 is 0 Å². The maximum absolute atomic E-state index is 13.7. The highest BCUT2D eigenvalue weighted by molar-refractivity contribution is 5.94. The summed E-state index contributed by atoms with van der Waals surface area (Å²) < 4.78 is 46.8. The average molecular weight is 558 g/mol. The first kappa shape index (κ1) is 26.4. The molecule has 1 aliphatic heterocycles. The summed E-state index contributed by atoms with van der Waals surface area (Å²) in [5, 5.41) is 4.80. The summed E-state index contributed by atoms with van der Waals surface area (Å²) in [7, 11) is 1.59. The van der Waals surface area contributed by atoms with Gasteiger partial charge in [0.15, 0.2) is 5.65 Å². The first-order chi connectivity index (χ1) is 19.8. The first-order valence-electron chi connectivity index (χ1n) is 13.1. The van der Waals surface area contributed by atoms with E-state index in [0.29, 0.717) is 49.0 Å². The summed E-state index contributed by atoms with van der Waals surface area (Å²) in [6.45, 7) is 1.52. The Morgan fingerprint density at radius 3 is 2.29 bits per heavy atom. The lowest BCUT2D eigenvalue weighted by Gasteiger charge is -2.36. The van der Waals surface area contributed by atoms with E-state index in [2.05, 4.69) is 4.98 Å². The van der Waals surface area contributed by atoms with E-state index < -0.39 is 11.7 Å². The van der Waals surface area contributed by atoms with Gasteiger partial charge >= 0.3 is 6.18 Å². The predicted octanol–water partition coefficient (Wildman–Crippen LogP) is 6.05. The van der Waals surface area contributed by atoms with Crippen molar-refractivity contribution in [3.8, 4) is 28.3 Å². The Hall–Kier alpha value is -4.86. The second kappa shape index (κ2) is 10.6. The summed E-state index contributed by atoms with van der Waals surface area (Å²) in [6.07, 6.45) is -4.41. The van der Waals surface area contributed by atoms with E-state index in [1.54, 1.807) is 28.7 Å². The number of piperazine rings is 1. The fourth-order valence-electron chi connectivity index (χ4n) is 5.03. The molecule has 3 heterocycles. The van der Waals surface area contributed by atoms with Gasteiger partial charge in [0.2, 0.25) is 0 Å². The summed E-state index contributed by atoms with van der Waals surface area (Å²) in [5.41, 5.74) is 3.73. The number of hydrogen-bond donors (Lipinski definition) is 0. The van der Waals surface area contributed by atoms with Gasteiger partial charge in [0.05, 0.1) is 24.1 Å². The second-order valence-electron chi connectivity index (χ2n) is 9.75. The van der Waals surface area contributed by atoms with Crippen LogP contribution in [0.4, 0.5) is 18.9 Å². The number of carbonyl (C=O) groups excluding carboxylic acids is 1. The van der Waals surface area contributed by atoms with E-state index in [1.807, 2.05) is 65.6 Å². The van der Waals surface area contributed by atoms with Crippen molar-refractivity contribution in [1.29, 1.82) is 0 Å². The normalized spacial score (nSPS) is 14.0. The maximum atomic E-state index is 13.7. The van der Waals surface area contributed by atoms with Gasteiger partial charge in [-0.05, 0) is 36.4 Å². The fourth-order valence-corrected chi connectivity index (χ4v) is 5.03. The second-order valence-corrected chi connectivity index (χ2v) is 9.75. The number of fused-ring (bicyclic) bond motifs is 1. The Kier molecular flexibility index (Phi) is 6.82. The molecule has 1 saturated heterocycles. The maximum Gasteiger partial charge on any atom is 0.416 e. The fraction of sp³-hybridized carbons (Fsp3) is 0.194. The van der Waals surface area contributed by atoms with Crippen LogP contribution in [0.25, 0.3) is 28.2 Å². The van der Waals surface area contributed by atoms with Gasteiger partial charge in [-0.1, -0.05) is 48.5 Å². The number of ether oxygens (including phenoxy) is 1. The lowest BCUT2D eigenvalue weighted by molar-refractivity contribution is -0.137. The Labute approximate surface area is 234 Å². The monoisotopic (exact) mass is 557 g/mol. The summed E-state index contributed by atoms with van der Waals surface area (Å²) in [4.78, 5) is 21.9. The van der Waals surface area contributed by atoms with Crippen LogP contribution in [0.15, 0.2) is 91.0 Å². The molecule has 1 aliphatic rings. The minimum absolute atomic E-state index is 0.247. The number of methoxy groups -OCH3 is 1. The van der Waals surface area contributed by atoms with Crippen molar-refractivity contribution >= 4 is 17.2 Å². The Bertz CT molecular complexity index is 1710. The third-order valence-corrected chi connectivity index (χ3v) is 7.19. The summed E-state index contributed by atoms with van der Waals surface area (Å²) >= 11 is 0. The highest BCUT2D eigenvalue weighted by Crippen LogP contribution is 2.32. The minimum atomic E-state index is -4.41. The van der Waals surface area contributed by atoms with Crippen LogP contribution < -0.4 is 9.64 Å². The number of aromatic nitrogens is 3. The molecule has 3 aromatic carbocycles. The molecule has 0 N–H and O–H groups in total. The number of alkyl halides is 3. The Balaban J connectivity index is 1.31. The lowest BCUT2D eigenvalue weighted by Crippen LogP contribution is -2.49. The van der Waals surface area contributed by atoms with Gasteiger partial charge in [-0.15, -0.1) is 0 Å². The van der Waals surface area contributed by atoms with Crippen LogP contribution in [0, 0.1) is 0 Å². The molecule has 6 rings (SSSR count). The smallest absolute Gasteiger partial charge is 0.416 e. The quantitative estimate of drug-likeness (QED) is 0.263. The van der Waals surface area contributed by atoms with Gasteiger partial charge in [0, 0.05) is 49.1 Å². The Morgan fingerprint density at radius 2 is 1.56 bits per heavy atom. The number of halogens is 3. The molecule has 10 heteroatoms. The van der Waals surface area contributed by atoms with Crippen LogP contribution in [0.1, 0.15) is 16.1 Å². The number of hydrogen-bond acceptors (Lipinski definition) is 5. The molecule has 0 spiro atoms. The van der Waals surface area contributed by atoms with Gasteiger partial charge in [-0.2, -0.15) is 18.3 Å². The topological polar surface area (TPSA) is 63.0 Å². The molecule has 0 aliphatic carbocycles. The van der Waals surface area contributed by atoms with Crippen molar-refractivity contribution in [3.63, 3.8) is 0 Å². The highest BCUT2D eigenvalue weighted by Gasteiger charge is 2.31. The van der Waals surface area contributed by atoms with Gasteiger partial charge in [0.1, 0.15) is 11.4 Å². The number of anilines is 1. The predicted molar refractivity (Wildman–Crippen MR) is 150 cm³/mol. The molecule has 0 bridgehead atoms. The van der Waals surface area contributed by atoms with Gasteiger partial charge in [-0.3, -0.25) is 4.79 Å². The van der Waals surface area contributed by atoms with Gasteiger partial charge in [-0.25, -0.2) is 9.50 Å². The first-order valence-corrected chi connectivity index (χ1v) is 13.1. The lowest BCUT2D eigenvalue weighted by atomic mass is 10.1. The third-order valence-electron chi connectivity index (χ3n) is 7.19. The zero-order chi connectivity index (χ0) is 28.6. The zero-order valence-electron chi connectivity index (χ0n) is 22.2. The van der Waals surface area contributed by atoms with E-state index in [-0.39, 0.29) is 11.6 Å². The van der Waals surface area contributed by atoms with Crippen molar-refractivity contribution in [1.82, 2.24) is 19.5 Å². The van der Waals surface area contributed by atoms with Gasteiger partial charge in [0.25, 0.3) is 5.91 Å². The molecule has 1 amide bonds. The molecule has 2 aromatic heterocycles. The SMILES string of the molecule is COc1cccc(-c2cc(C(=O)N3CCN(c4cccc(C(F)(F)F)c4)CC3)nc3cc(-c4ccccc4)nn23)c1. The summed E-state index contributed by atoms with van der Waals surface area (Å²) in [6, 6.07) is 26.1. The highest BCUT2D eigenvalue weighted by atomic mass is 19.4. The molecule has 1 fully saturated rings. The third kappa shape index (κ3) is 5.32. The molecule has 0 saturated carbocycles. The minimum Gasteiger partial charge on any atom is -0.497 e. The van der Waals surface area contributed by atoms with Crippen molar-refractivity contribution in [2.24, 2.45) is 0 Å². The molecular formula is C31H26F3N5O2. The standard InChI is InChI=1S/C31H26F3N5O2/c1-41-25-12-5-9-22(17-25)28-19-27(35-29-20-26(36-39(28)29)21-7-3-2-4-8-21)30(40)38-15-13-37(14-16-38)24-11-6-10-23(18-24)31(32,33)34/h2-12,17-20H,13-16H2,1H3. The molecule has 0 atom stereocenters. The van der Waals surface area contributed by atoms with Crippen molar-refractivity contribution in [2.75, 3.05) is 38.2 Å². The number of rotatable bonds is 5. The van der Waals surface area contributed by atoms with Crippen LogP contribution in [0.3, 0.4) is 0 Å². The van der Waals surface area contributed by atoms with Gasteiger partial charge < -0.3 is 14.5 Å². The molecular weight excluding hydrogens is 531 g/mol. The van der Waals surface area contributed by atoms with Crippen molar-refractivity contribution in [2.45, 2.75) is 6.18 Å². The van der Waals surface area contributed by atoms with Crippen molar-refractivity contribution in [3.05, 3.63) is 102 Å². The molecule has 0 unspecified atom stereocenters. The molecule has 208 valence electrons. The van der Waals surface area contributed by atoms with Crippen molar-refractivity contribution < 1.29 is 22.7 Å². The largest absolute Gasteiger partial charge is 0.497 e. The number of benzene rings is 3. The van der Waals surface area contributed by atoms with E-state index >= 15 is 0 Å². The number of nitrogens with zero attached hydrogens (tertiary/aromatic N) is 5. The average Bonchev–Trinajstić information content (AvgIpc) is 3.45. The number of amides is 1. The van der Waals surface area contributed by atoms with E-state index in [0.717, 1.165) is 29.0 Å². The summed E-state index contributed by atoms with van der Waals surface area (Å²) in [5.74, 6) is 0.421. The number of carbonyl (C=O) groups is 1. The van der Waals surface area contributed by atoms with Crippen LogP contribution in [0.2, 0.25) is 0 Å². The molecule has 41 heavy (non-hydrogen) atoms. The van der Waals surface area contributed by atoms with Crippen LogP contribution in [-0.2, 0) is 6.18 Å². The van der Waals surface area contributed by atoms with Crippen LogP contribution in [-0.4, -0.2) is 58.7 Å². The molecule has 0 radical (unpaired) electrons. The van der Waals surface area contributed by atoms with E-state index in [4.69, 9.17) is 9.84 Å². The molecule has 5 aromatic rings. The van der Waals surface area contributed by atoms with Crippen LogP contribution in [0.5, 0.6) is 5.75 Å². The molecule has 7 nitrogen and oxygen atoms in total. The van der Waals surface area contributed by atoms with E-state index in [1.165, 1.54) is 6.07 Å². The van der Waals surface area contributed by atoms with E-state index in [9.17, 15) is 18.0 Å². The zero-order valence-corrected chi connectivity index (χ0v) is 22.2. The Morgan fingerprint density at radius 1 is 0.829 bits per heavy atom.